The van der Waals surface area contributed by atoms with Crippen LogP contribution < -0.4 is 38.1 Å². The van der Waals surface area contributed by atoms with Gasteiger partial charge in [0.2, 0.25) is 29.5 Å². The highest BCUT2D eigenvalue weighted by molar-refractivity contribution is 5.97. The van der Waals surface area contributed by atoms with Crippen LogP contribution in [0.5, 0.6) is 0 Å². The molecule has 13 N–H and O–H groups in total. The zero-order valence-electron chi connectivity index (χ0n) is 27.7. The molecule has 0 heterocycles. The lowest BCUT2D eigenvalue weighted by Gasteiger charge is -2.27. The number of carboxylic acids is 3. The summed E-state index contributed by atoms with van der Waals surface area (Å²) < 4.78 is 0. The van der Waals surface area contributed by atoms with Crippen molar-refractivity contribution >= 4 is 47.4 Å². The number of aliphatic hydroxyl groups is 1. The van der Waals surface area contributed by atoms with Crippen LogP contribution >= 0.6 is 0 Å². The summed E-state index contributed by atoms with van der Waals surface area (Å²) in [7, 11) is 0. The third-order valence-electron chi connectivity index (χ3n) is 7.48. The zero-order chi connectivity index (χ0) is 37.1. The van der Waals surface area contributed by atoms with Crippen LogP contribution in [0.15, 0.2) is 0 Å². The lowest BCUT2D eigenvalue weighted by atomic mass is 9.98. The number of carbonyl (C=O) groups is 8. The van der Waals surface area contributed by atoms with Crippen LogP contribution in [0, 0.1) is 11.8 Å². The Labute approximate surface area is 278 Å². The molecule has 0 aliphatic rings. The van der Waals surface area contributed by atoms with Crippen LogP contribution in [0.1, 0.15) is 72.6 Å². The van der Waals surface area contributed by atoms with Crippen molar-refractivity contribution in [2.45, 2.75) is 109 Å². The molecule has 0 rings (SSSR count). The molecule has 0 spiro atoms. The fraction of sp³-hybridized carbons (Fsp3) is 0.724. The maximum Gasteiger partial charge on any atom is 0.326 e. The first-order valence-electron chi connectivity index (χ1n) is 15.6. The number of carboxylic acid groups (broad SMARTS) is 3. The molecule has 0 aliphatic carbocycles. The van der Waals surface area contributed by atoms with Gasteiger partial charge in [-0.05, 0) is 44.1 Å². The van der Waals surface area contributed by atoms with Crippen LogP contribution in [0.25, 0.3) is 0 Å². The fourth-order valence-corrected chi connectivity index (χ4v) is 4.24. The molecule has 48 heavy (non-hydrogen) atoms. The first kappa shape index (κ1) is 43.6. The molecule has 7 atom stereocenters. The summed E-state index contributed by atoms with van der Waals surface area (Å²) in [5.41, 5.74) is 11.3. The summed E-state index contributed by atoms with van der Waals surface area (Å²) in [6.07, 6.45) is -0.442. The molecule has 0 bridgehead atoms. The van der Waals surface area contributed by atoms with Crippen molar-refractivity contribution in [3.63, 3.8) is 0 Å². The van der Waals surface area contributed by atoms with Gasteiger partial charge in [0.15, 0.2) is 0 Å². The van der Waals surface area contributed by atoms with Crippen molar-refractivity contribution in [1.29, 1.82) is 0 Å². The van der Waals surface area contributed by atoms with Gasteiger partial charge in [0.1, 0.15) is 30.2 Å². The van der Waals surface area contributed by atoms with Gasteiger partial charge in [0, 0.05) is 6.42 Å². The Morgan fingerprint density at radius 2 is 1.17 bits per heavy atom. The molecule has 0 radical (unpaired) electrons. The minimum absolute atomic E-state index is 0.0640. The molecule has 5 amide bonds. The number of amides is 5. The van der Waals surface area contributed by atoms with E-state index in [0.29, 0.717) is 25.8 Å². The average Bonchev–Trinajstić information content (AvgIpc) is 3.01. The number of nitrogens with two attached hydrogens (primary N) is 2. The van der Waals surface area contributed by atoms with Crippen LogP contribution in [0.3, 0.4) is 0 Å². The van der Waals surface area contributed by atoms with Crippen molar-refractivity contribution in [3.8, 4) is 0 Å². The fourth-order valence-electron chi connectivity index (χ4n) is 4.24. The Balaban J connectivity index is 5.88. The van der Waals surface area contributed by atoms with Crippen LogP contribution in [0.4, 0.5) is 0 Å². The molecule has 19 heteroatoms. The number of aliphatic carboxylic acids is 3. The Kier molecular flexibility index (Phi) is 20.2. The predicted octanol–water partition coefficient (Wildman–Crippen LogP) is -3.01. The molecule has 274 valence electrons. The van der Waals surface area contributed by atoms with E-state index in [9.17, 15) is 53.7 Å². The van der Waals surface area contributed by atoms with E-state index in [1.165, 1.54) is 13.8 Å². The summed E-state index contributed by atoms with van der Waals surface area (Å²) in [4.78, 5) is 99.1. The topological polar surface area (TPSA) is 330 Å². The summed E-state index contributed by atoms with van der Waals surface area (Å²) >= 11 is 0. The SMILES string of the molecule is CC[C@H](C)[C@H](N)C(=O)N[C@@H](CCC(=O)O)C(=O)N[C@@H](CO)C(=O)N[C@@H](CC(=O)O)C(=O)N[C@H](C(=O)N[C@@H](CCCCN)C(=O)O)C(C)C. The van der Waals surface area contributed by atoms with Gasteiger partial charge in [-0.25, -0.2) is 4.79 Å². The van der Waals surface area contributed by atoms with E-state index in [4.69, 9.17) is 16.6 Å². The minimum atomic E-state index is -1.83. The molecular weight excluding hydrogens is 638 g/mol. The highest BCUT2D eigenvalue weighted by atomic mass is 16.4. The second-order valence-electron chi connectivity index (χ2n) is 11.7. The molecule has 0 aromatic carbocycles. The van der Waals surface area contributed by atoms with E-state index < -0.39 is 115 Å². The van der Waals surface area contributed by atoms with Crippen molar-refractivity contribution < 1.29 is 58.8 Å². The van der Waals surface area contributed by atoms with E-state index >= 15 is 0 Å². The summed E-state index contributed by atoms with van der Waals surface area (Å²) in [5, 5.41) is 49.1. The summed E-state index contributed by atoms with van der Waals surface area (Å²) in [6.45, 7) is 5.81. The van der Waals surface area contributed by atoms with Gasteiger partial charge >= 0.3 is 17.9 Å². The van der Waals surface area contributed by atoms with Crippen LogP contribution in [-0.4, -0.2) is 117 Å². The number of hydrogen-bond acceptors (Lipinski definition) is 11. The highest BCUT2D eigenvalue weighted by Crippen LogP contribution is 2.09. The molecule has 0 aromatic rings. The normalized spacial score (nSPS) is 15.4. The van der Waals surface area contributed by atoms with E-state index in [2.05, 4.69) is 26.6 Å². The lowest BCUT2D eigenvalue weighted by molar-refractivity contribution is -0.144. The Hall–Kier alpha value is -4.36. The Morgan fingerprint density at radius 3 is 1.65 bits per heavy atom. The van der Waals surface area contributed by atoms with E-state index in [-0.39, 0.29) is 12.3 Å². The van der Waals surface area contributed by atoms with E-state index in [1.807, 2.05) is 0 Å². The summed E-state index contributed by atoms with van der Waals surface area (Å²) in [6, 6.07) is -8.78. The Bertz CT molecular complexity index is 1140. The van der Waals surface area contributed by atoms with Crippen molar-refractivity contribution in [1.82, 2.24) is 26.6 Å². The van der Waals surface area contributed by atoms with Gasteiger partial charge < -0.3 is 58.5 Å². The molecule has 19 nitrogen and oxygen atoms in total. The quantitative estimate of drug-likeness (QED) is 0.0450. The number of nitrogens with one attached hydrogen (secondary N) is 5. The predicted molar refractivity (Wildman–Crippen MR) is 169 cm³/mol. The first-order chi connectivity index (χ1) is 22.4. The molecule has 0 aromatic heterocycles. The maximum atomic E-state index is 13.2. The van der Waals surface area contributed by atoms with Gasteiger partial charge in [-0.1, -0.05) is 34.1 Å². The van der Waals surface area contributed by atoms with Gasteiger partial charge in [-0.15, -0.1) is 0 Å². The van der Waals surface area contributed by atoms with Gasteiger partial charge in [0.25, 0.3) is 0 Å². The largest absolute Gasteiger partial charge is 0.481 e. The van der Waals surface area contributed by atoms with E-state index in [1.54, 1.807) is 13.8 Å². The van der Waals surface area contributed by atoms with Crippen molar-refractivity contribution in [2.75, 3.05) is 13.2 Å². The standard InChI is InChI=1S/C29H51N7O12/c1-5-15(4)22(31)27(45)32-16(9-10-20(38)39)24(42)35-19(13-37)26(44)34-18(12-21(40)41)25(43)36-23(14(2)3)28(46)33-17(29(47)48)8-6-7-11-30/h14-19,22-23,37H,5-13,30-31H2,1-4H3,(H,32,45)(H,33,46)(H,34,44)(H,35,42)(H,36,43)(H,38,39)(H,40,41)(H,47,48)/t15-,16-,17-,18-,19-,22-,23-/m0/s1. The number of hydrogen-bond donors (Lipinski definition) is 11. The Morgan fingerprint density at radius 1 is 0.646 bits per heavy atom. The smallest absolute Gasteiger partial charge is 0.326 e. The minimum Gasteiger partial charge on any atom is -0.481 e. The monoisotopic (exact) mass is 689 g/mol. The number of rotatable bonds is 24. The number of unbranched alkanes of at least 4 members (excludes halogenated alkanes) is 1. The second kappa shape index (κ2) is 22.3. The molecular formula is C29H51N7O12. The van der Waals surface area contributed by atoms with Gasteiger partial charge in [-0.2, -0.15) is 0 Å². The zero-order valence-corrected chi connectivity index (χ0v) is 27.7. The summed E-state index contributed by atoms with van der Waals surface area (Å²) in [5.74, 6) is -10.1. The van der Waals surface area contributed by atoms with Gasteiger partial charge in [-0.3, -0.25) is 33.6 Å². The van der Waals surface area contributed by atoms with Crippen LogP contribution in [0.2, 0.25) is 0 Å². The molecule has 0 saturated carbocycles. The molecule has 0 aliphatic heterocycles. The third-order valence-corrected chi connectivity index (χ3v) is 7.48. The molecule has 0 saturated heterocycles. The molecule has 0 fully saturated rings. The lowest BCUT2D eigenvalue weighted by Crippen LogP contribution is -2.61. The maximum absolute atomic E-state index is 13.2. The third kappa shape index (κ3) is 16.0. The first-order valence-corrected chi connectivity index (χ1v) is 15.6. The molecule has 0 unspecified atom stereocenters. The van der Waals surface area contributed by atoms with Crippen molar-refractivity contribution in [2.24, 2.45) is 23.3 Å². The van der Waals surface area contributed by atoms with Crippen LogP contribution in [-0.2, 0) is 38.4 Å². The number of aliphatic hydroxyl groups excluding tert-OH is 1. The van der Waals surface area contributed by atoms with E-state index in [0.717, 1.165) is 0 Å². The highest BCUT2D eigenvalue weighted by Gasteiger charge is 2.34. The second-order valence-corrected chi connectivity index (χ2v) is 11.7. The van der Waals surface area contributed by atoms with Gasteiger partial charge in [0.05, 0.1) is 19.1 Å². The van der Waals surface area contributed by atoms with Crippen molar-refractivity contribution in [3.05, 3.63) is 0 Å². The number of carbonyl (C=O) groups excluding carboxylic acids is 5. The average molecular weight is 690 g/mol.